The van der Waals surface area contributed by atoms with Crippen LogP contribution in [0.1, 0.15) is 5.56 Å². The molecule has 1 rings (SSSR count). The molecule has 66 valence electrons. The molecular formula is C10H15BrN+. The molecule has 1 aromatic rings. The Hall–Kier alpha value is -0.340. The number of benzene rings is 1. The maximum absolute atomic E-state index is 3.42. The first-order valence-electron chi connectivity index (χ1n) is 4.02. The van der Waals surface area contributed by atoms with Crippen molar-refractivity contribution < 1.29 is 4.48 Å². The van der Waals surface area contributed by atoms with Crippen molar-refractivity contribution in [2.24, 2.45) is 0 Å². The fourth-order valence-electron chi connectivity index (χ4n) is 1.14. The Bertz CT molecular complexity index is 246. The van der Waals surface area contributed by atoms with Crippen LogP contribution in [-0.4, -0.2) is 25.6 Å². The van der Waals surface area contributed by atoms with Crippen LogP contribution in [0, 0.1) is 0 Å². The zero-order chi connectivity index (χ0) is 9.19. The number of hydrogen-bond donors (Lipinski definition) is 0. The van der Waals surface area contributed by atoms with Gasteiger partial charge in [-0.1, -0.05) is 28.1 Å². The van der Waals surface area contributed by atoms with Gasteiger partial charge in [0.25, 0.3) is 0 Å². The third-order valence-electron chi connectivity index (χ3n) is 1.57. The zero-order valence-electron chi connectivity index (χ0n) is 7.84. The predicted molar refractivity (Wildman–Crippen MR) is 55.9 cm³/mol. The highest BCUT2D eigenvalue weighted by atomic mass is 79.9. The van der Waals surface area contributed by atoms with E-state index in [9.17, 15) is 0 Å². The Morgan fingerprint density at radius 3 is 2.00 bits per heavy atom. The SMILES string of the molecule is C[N+](C)(C)Cc1ccc(Br)cc1. The molecule has 0 heterocycles. The van der Waals surface area contributed by atoms with Crippen molar-refractivity contribution in [3.8, 4) is 0 Å². The summed E-state index contributed by atoms with van der Waals surface area (Å²) in [5, 5.41) is 0. The molecule has 0 aromatic heterocycles. The standard InChI is InChI=1S/C10H15BrN/c1-12(2,3)8-9-4-6-10(11)7-5-9/h4-7H,8H2,1-3H3/q+1. The highest BCUT2D eigenvalue weighted by Gasteiger charge is 2.07. The fourth-order valence-corrected chi connectivity index (χ4v) is 1.40. The van der Waals surface area contributed by atoms with Crippen molar-refractivity contribution in [2.75, 3.05) is 21.1 Å². The number of halogens is 1. The summed E-state index contributed by atoms with van der Waals surface area (Å²) < 4.78 is 2.12. The van der Waals surface area contributed by atoms with E-state index in [-0.39, 0.29) is 0 Å². The second-order valence-electron chi connectivity index (χ2n) is 4.07. The molecule has 1 nitrogen and oxygen atoms in total. The van der Waals surface area contributed by atoms with E-state index in [1.807, 2.05) is 0 Å². The first-order chi connectivity index (χ1) is 5.47. The Labute approximate surface area is 82.7 Å². The lowest BCUT2D eigenvalue weighted by Gasteiger charge is -2.23. The lowest BCUT2D eigenvalue weighted by molar-refractivity contribution is -0.884. The Balaban J connectivity index is 2.71. The summed E-state index contributed by atoms with van der Waals surface area (Å²) in [5.41, 5.74) is 1.38. The molecule has 0 aliphatic heterocycles. The van der Waals surface area contributed by atoms with E-state index < -0.39 is 0 Å². The van der Waals surface area contributed by atoms with Crippen LogP contribution in [-0.2, 0) is 6.54 Å². The second kappa shape index (κ2) is 3.58. The van der Waals surface area contributed by atoms with Gasteiger partial charge in [0.2, 0.25) is 0 Å². The summed E-state index contributed by atoms with van der Waals surface area (Å²) in [7, 11) is 6.59. The highest BCUT2D eigenvalue weighted by molar-refractivity contribution is 9.10. The molecule has 0 saturated carbocycles. The quantitative estimate of drug-likeness (QED) is 0.684. The summed E-state index contributed by atoms with van der Waals surface area (Å²) in [4.78, 5) is 0. The molecule has 0 unspecified atom stereocenters. The molecule has 0 bridgehead atoms. The summed E-state index contributed by atoms with van der Waals surface area (Å²) in [6, 6.07) is 8.50. The van der Waals surface area contributed by atoms with E-state index in [2.05, 4.69) is 61.3 Å². The average molecular weight is 229 g/mol. The van der Waals surface area contributed by atoms with E-state index in [1.165, 1.54) is 5.56 Å². The van der Waals surface area contributed by atoms with Gasteiger partial charge in [0.05, 0.1) is 21.1 Å². The van der Waals surface area contributed by atoms with Crippen LogP contribution in [0.3, 0.4) is 0 Å². The van der Waals surface area contributed by atoms with Crippen LogP contribution in [0.5, 0.6) is 0 Å². The molecule has 1 aromatic carbocycles. The maximum atomic E-state index is 3.42. The van der Waals surface area contributed by atoms with E-state index in [0.717, 1.165) is 15.5 Å². The molecular weight excluding hydrogens is 214 g/mol. The van der Waals surface area contributed by atoms with Crippen molar-refractivity contribution in [3.05, 3.63) is 34.3 Å². The van der Waals surface area contributed by atoms with Crippen LogP contribution in [0.2, 0.25) is 0 Å². The van der Waals surface area contributed by atoms with Gasteiger partial charge in [-0.15, -0.1) is 0 Å². The van der Waals surface area contributed by atoms with Gasteiger partial charge in [0.1, 0.15) is 6.54 Å². The van der Waals surface area contributed by atoms with Gasteiger partial charge in [0.15, 0.2) is 0 Å². The second-order valence-corrected chi connectivity index (χ2v) is 4.99. The first kappa shape index (κ1) is 9.75. The van der Waals surface area contributed by atoms with E-state index in [0.29, 0.717) is 0 Å². The van der Waals surface area contributed by atoms with Crippen LogP contribution in [0.25, 0.3) is 0 Å². The van der Waals surface area contributed by atoms with Crippen molar-refractivity contribution in [2.45, 2.75) is 6.54 Å². The molecule has 0 amide bonds. The molecule has 0 N–H and O–H groups in total. The van der Waals surface area contributed by atoms with Gasteiger partial charge < -0.3 is 4.48 Å². The molecule has 0 saturated heterocycles. The third kappa shape index (κ3) is 3.37. The maximum Gasteiger partial charge on any atom is 0.104 e. The van der Waals surface area contributed by atoms with E-state index in [4.69, 9.17) is 0 Å². The molecule has 0 aliphatic carbocycles. The molecule has 0 aliphatic rings. The van der Waals surface area contributed by atoms with Crippen LogP contribution in [0.4, 0.5) is 0 Å². The normalized spacial score (nSPS) is 11.7. The Morgan fingerprint density at radius 1 is 1.08 bits per heavy atom. The van der Waals surface area contributed by atoms with Gasteiger partial charge in [0, 0.05) is 10.0 Å². The van der Waals surface area contributed by atoms with Crippen LogP contribution >= 0.6 is 15.9 Å². The van der Waals surface area contributed by atoms with E-state index in [1.54, 1.807) is 0 Å². The van der Waals surface area contributed by atoms with Crippen LogP contribution in [0.15, 0.2) is 28.7 Å². The van der Waals surface area contributed by atoms with Gasteiger partial charge in [-0.05, 0) is 12.1 Å². The van der Waals surface area contributed by atoms with Gasteiger partial charge >= 0.3 is 0 Å². The summed E-state index contributed by atoms with van der Waals surface area (Å²) in [6.45, 7) is 1.08. The molecule has 12 heavy (non-hydrogen) atoms. The smallest absolute Gasteiger partial charge is 0.104 e. The fraction of sp³-hybridized carbons (Fsp3) is 0.400. The first-order valence-corrected chi connectivity index (χ1v) is 4.81. The third-order valence-corrected chi connectivity index (χ3v) is 2.10. The van der Waals surface area contributed by atoms with E-state index >= 15 is 0 Å². The zero-order valence-corrected chi connectivity index (χ0v) is 9.43. The number of quaternary nitrogens is 1. The largest absolute Gasteiger partial charge is 0.327 e. The topological polar surface area (TPSA) is 0 Å². The summed E-state index contributed by atoms with van der Waals surface area (Å²) in [5.74, 6) is 0. The predicted octanol–water partition coefficient (Wildman–Crippen LogP) is 2.66. The average Bonchev–Trinajstić information content (AvgIpc) is 1.91. The lowest BCUT2D eigenvalue weighted by Crippen LogP contribution is -2.33. The summed E-state index contributed by atoms with van der Waals surface area (Å²) >= 11 is 3.42. The van der Waals surface area contributed by atoms with Gasteiger partial charge in [-0.3, -0.25) is 0 Å². The number of nitrogens with zero attached hydrogens (tertiary/aromatic N) is 1. The van der Waals surface area contributed by atoms with Crippen molar-refractivity contribution >= 4 is 15.9 Å². The molecule has 0 atom stereocenters. The minimum atomic E-state index is 0.974. The number of rotatable bonds is 2. The van der Waals surface area contributed by atoms with Gasteiger partial charge in [-0.2, -0.15) is 0 Å². The lowest BCUT2D eigenvalue weighted by atomic mass is 10.2. The van der Waals surface area contributed by atoms with Crippen molar-refractivity contribution in [1.82, 2.24) is 0 Å². The molecule has 2 heteroatoms. The Kier molecular flexibility index (Phi) is 2.91. The summed E-state index contributed by atoms with van der Waals surface area (Å²) in [6.07, 6.45) is 0. The monoisotopic (exact) mass is 228 g/mol. The number of hydrogen-bond acceptors (Lipinski definition) is 0. The van der Waals surface area contributed by atoms with Crippen molar-refractivity contribution in [3.63, 3.8) is 0 Å². The van der Waals surface area contributed by atoms with Crippen molar-refractivity contribution in [1.29, 1.82) is 0 Å². The molecule has 0 spiro atoms. The van der Waals surface area contributed by atoms with Gasteiger partial charge in [-0.25, -0.2) is 0 Å². The molecule has 0 radical (unpaired) electrons. The highest BCUT2D eigenvalue weighted by Crippen LogP contribution is 2.12. The minimum Gasteiger partial charge on any atom is -0.327 e. The van der Waals surface area contributed by atoms with Crippen LogP contribution < -0.4 is 0 Å². The Morgan fingerprint density at radius 2 is 1.58 bits per heavy atom. The minimum absolute atomic E-state index is 0.974. The molecule has 0 fully saturated rings.